The van der Waals surface area contributed by atoms with Gasteiger partial charge in [-0.1, -0.05) is 32.9 Å². The topological polar surface area (TPSA) is 62.0 Å². The van der Waals surface area contributed by atoms with Crippen molar-refractivity contribution in [1.82, 2.24) is 4.98 Å². The van der Waals surface area contributed by atoms with Crippen LogP contribution >= 0.6 is 0 Å². The molecule has 0 bridgehead atoms. The Hall–Kier alpha value is -2.36. The Balaban J connectivity index is 2.18. The SMILES string of the molecule is Cc1cc(C(=O)Nc2ccc(C(C)(C)C)cc2)cc(=O)[nH]1. The number of pyridine rings is 1. The van der Waals surface area contributed by atoms with E-state index in [9.17, 15) is 9.59 Å². The van der Waals surface area contributed by atoms with Crippen LogP contribution < -0.4 is 10.9 Å². The number of aromatic nitrogens is 1. The summed E-state index contributed by atoms with van der Waals surface area (Å²) in [6.07, 6.45) is 0. The maximum absolute atomic E-state index is 12.1. The van der Waals surface area contributed by atoms with E-state index in [4.69, 9.17) is 0 Å². The van der Waals surface area contributed by atoms with Gasteiger partial charge in [0.1, 0.15) is 0 Å². The summed E-state index contributed by atoms with van der Waals surface area (Å²) in [4.78, 5) is 26.1. The highest BCUT2D eigenvalue weighted by Crippen LogP contribution is 2.23. The second-order valence-corrected chi connectivity index (χ2v) is 6.20. The number of nitrogens with one attached hydrogen (secondary N) is 2. The largest absolute Gasteiger partial charge is 0.326 e. The molecule has 4 heteroatoms. The molecule has 0 fully saturated rings. The van der Waals surface area contributed by atoms with Gasteiger partial charge in [0.25, 0.3) is 5.91 Å². The molecule has 0 aliphatic heterocycles. The monoisotopic (exact) mass is 284 g/mol. The minimum Gasteiger partial charge on any atom is -0.326 e. The molecule has 0 saturated carbocycles. The molecule has 0 radical (unpaired) electrons. The van der Waals surface area contributed by atoms with E-state index in [1.165, 1.54) is 11.6 Å². The van der Waals surface area contributed by atoms with Crippen LogP contribution in [0.4, 0.5) is 5.69 Å². The molecule has 21 heavy (non-hydrogen) atoms. The zero-order valence-corrected chi connectivity index (χ0v) is 12.8. The molecule has 0 spiro atoms. The standard InChI is InChI=1S/C17H20N2O2/c1-11-9-12(10-15(20)18-11)16(21)19-14-7-5-13(6-8-14)17(2,3)4/h5-10H,1-4H3,(H,18,20)(H,19,21). The van der Waals surface area contributed by atoms with Gasteiger partial charge in [-0.05, 0) is 36.1 Å². The summed E-state index contributed by atoms with van der Waals surface area (Å²) in [5.41, 5.74) is 2.74. The van der Waals surface area contributed by atoms with Crippen molar-refractivity contribution in [3.8, 4) is 0 Å². The average molecular weight is 284 g/mol. The Kier molecular flexibility index (Phi) is 3.98. The number of benzene rings is 1. The van der Waals surface area contributed by atoms with Gasteiger partial charge >= 0.3 is 0 Å². The van der Waals surface area contributed by atoms with Crippen molar-refractivity contribution in [3.05, 3.63) is 63.6 Å². The lowest BCUT2D eigenvalue weighted by atomic mass is 9.87. The maximum atomic E-state index is 12.1. The first-order chi connectivity index (χ1) is 9.75. The number of hydrogen-bond acceptors (Lipinski definition) is 2. The highest BCUT2D eigenvalue weighted by atomic mass is 16.2. The summed E-state index contributed by atoms with van der Waals surface area (Å²) in [6.45, 7) is 8.16. The average Bonchev–Trinajstić information content (AvgIpc) is 2.37. The normalized spacial score (nSPS) is 11.2. The molecule has 1 amide bonds. The first-order valence-corrected chi connectivity index (χ1v) is 6.88. The van der Waals surface area contributed by atoms with Crippen LogP contribution in [0.1, 0.15) is 42.4 Å². The molecule has 0 unspecified atom stereocenters. The summed E-state index contributed by atoms with van der Waals surface area (Å²) < 4.78 is 0. The molecule has 1 aromatic carbocycles. The molecule has 2 rings (SSSR count). The number of rotatable bonds is 2. The second kappa shape index (κ2) is 5.56. The van der Waals surface area contributed by atoms with Crippen LogP contribution in [0.5, 0.6) is 0 Å². The Labute approximate surface area is 124 Å². The lowest BCUT2D eigenvalue weighted by Crippen LogP contribution is -2.17. The summed E-state index contributed by atoms with van der Waals surface area (Å²) in [6, 6.07) is 10.7. The summed E-state index contributed by atoms with van der Waals surface area (Å²) in [5, 5.41) is 2.80. The highest BCUT2D eigenvalue weighted by molar-refractivity contribution is 6.04. The van der Waals surface area contributed by atoms with E-state index in [0.29, 0.717) is 16.9 Å². The van der Waals surface area contributed by atoms with Crippen molar-refractivity contribution >= 4 is 11.6 Å². The van der Waals surface area contributed by atoms with Gasteiger partial charge in [0.05, 0.1) is 0 Å². The van der Waals surface area contributed by atoms with E-state index in [-0.39, 0.29) is 16.9 Å². The van der Waals surface area contributed by atoms with Crippen molar-refractivity contribution in [1.29, 1.82) is 0 Å². The predicted molar refractivity (Wildman–Crippen MR) is 84.9 cm³/mol. The third-order valence-corrected chi connectivity index (χ3v) is 3.25. The fourth-order valence-electron chi connectivity index (χ4n) is 2.07. The molecule has 4 nitrogen and oxygen atoms in total. The minimum atomic E-state index is -0.285. The molecule has 2 aromatic rings. The van der Waals surface area contributed by atoms with E-state index < -0.39 is 0 Å². The quantitative estimate of drug-likeness (QED) is 0.889. The van der Waals surface area contributed by atoms with Crippen molar-refractivity contribution in [2.24, 2.45) is 0 Å². The van der Waals surface area contributed by atoms with Gasteiger partial charge in [0.2, 0.25) is 5.56 Å². The number of H-pyrrole nitrogens is 1. The van der Waals surface area contributed by atoms with Crippen molar-refractivity contribution < 1.29 is 4.79 Å². The van der Waals surface area contributed by atoms with Crippen LogP contribution in [0, 0.1) is 6.92 Å². The molecule has 0 saturated heterocycles. The Morgan fingerprint density at radius 1 is 1.10 bits per heavy atom. The van der Waals surface area contributed by atoms with Crippen molar-refractivity contribution in [2.45, 2.75) is 33.1 Å². The van der Waals surface area contributed by atoms with E-state index in [0.717, 1.165) is 0 Å². The molecular weight excluding hydrogens is 264 g/mol. The van der Waals surface area contributed by atoms with Crippen LogP contribution in [0.2, 0.25) is 0 Å². The lowest BCUT2D eigenvalue weighted by molar-refractivity contribution is 0.102. The van der Waals surface area contributed by atoms with Crippen LogP contribution in [-0.4, -0.2) is 10.9 Å². The fourth-order valence-corrected chi connectivity index (χ4v) is 2.07. The number of carbonyl (C=O) groups excluding carboxylic acids is 1. The Bertz CT molecular complexity index is 707. The van der Waals surface area contributed by atoms with Crippen molar-refractivity contribution in [3.63, 3.8) is 0 Å². The molecule has 0 aliphatic carbocycles. The highest BCUT2D eigenvalue weighted by Gasteiger charge is 2.13. The number of anilines is 1. The Morgan fingerprint density at radius 2 is 1.71 bits per heavy atom. The summed E-state index contributed by atoms with van der Waals surface area (Å²) >= 11 is 0. The smallest absolute Gasteiger partial charge is 0.255 e. The van der Waals surface area contributed by atoms with Gasteiger partial charge in [-0.15, -0.1) is 0 Å². The molecular formula is C17H20N2O2. The molecule has 1 heterocycles. The number of carbonyl (C=O) groups is 1. The van der Waals surface area contributed by atoms with E-state index >= 15 is 0 Å². The molecule has 1 aromatic heterocycles. The first-order valence-electron chi connectivity index (χ1n) is 6.88. The zero-order chi connectivity index (χ0) is 15.6. The maximum Gasteiger partial charge on any atom is 0.255 e. The van der Waals surface area contributed by atoms with E-state index in [1.807, 2.05) is 24.3 Å². The molecule has 110 valence electrons. The van der Waals surface area contributed by atoms with Gasteiger partial charge in [-0.3, -0.25) is 9.59 Å². The van der Waals surface area contributed by atoms with Crippen LogP contribution in [0.25, 0.3) is 0 Å². The van der Waals surface area contributed by atoms with Crippen molar-refractivity contribution in [2.75, 3.05) is 5.32 Å². The number of hydrogen-bond donors (Lipinski definition) is 2. The number of aryl methyl sites for hydroxylation is 1. The number of amides is 1. The third kappa shape index (κ3) is 3.81. The van der Waals surface area contributed by atoms with Crippen LogP contribution in [0.15, 0.2) is 41.2 Å². The zero-order valence-electron chi connectivity index (χ0n) is 12.8. The third-order valence-electron chi connectivity index (χ3n) is 3.25. The van der Waals surface area contributed by atoms with Gasteiger partial charge in [0, 0.05) is 23.0 Å². The summed E-state index contributed by atoms with van der Waals surface area (Å²) in [5.74, 6) is -0.285. The van der Waals surface area contributed by atoms with Gasteiger partial charge < -0.3 is 10.3 Å². The first kappa shape index (κ1) is 15.0. The van der Waals surface area contributed by atoms with Gasteiger partial charge in [-0.25, -0.2) is 0 Å². The van der Waals surface area contributed by atoms with Crippen LogP contribution in [-0.2, 0) is 5.41 Å². The molecule has 0 atom stereocenters. The number of aromatic amines is 1. The second-order valence-electron chi connectivity index (χ2n) is 6.20. The fraction of sp³-hybridized carbons (Fsp3) is 0.294. The predicted octanol–water partition coefficient (Wildman–Crippen LogP) is 3.23. The minimum absolute atomic E-state index is 0.0758. The lowest BCUT2D eigenvalue weighted by Gasteiger charge is -2.19. The van der Waals surface area contributed by atoms with Gasteiger partial charge in [0.15, 0.2) is 0 Å². The Morgan fingerprint density at radius 3 is 2.24 bits per heavy atom. The van der Waals surface area contributed by atoms with Gasteiger partial charge in [-0.2, -0.15) is 0 Å². The summed E-state index contributed by atoms with van der Waals surface area (Å²) in [7, 11) is 0. The van der Waals surface area contributed by atoms with E-state index in [1.54, 1.807) is 13.0 Å². The molecule has 0 aliphatic rings. The molecule has 2 N–H and O–H groups in total. The van der Waals surface area contributed by atoms with Crippen LogP contribution in [0.3, 0.4) is 0 Å². The van der Waals surface area contributed by atoms with E-state index in [2.05, 4.69) is 31.1 Å².